The molecule has 0 fully saturated rings. The van der Waals surface area contributed by atoms with Gasteiger partial charge in [-0.15, -0.1) is 0 Å². The van der Waals surface area contributed by atoms with Crippen LogP contribution in [0.4, 0.5) is 0 Å². The highest BCUT2D eigenvalue weighted by Gasteiger charge is 2.15. The summed E-state index contributed by atoms with van der Waals surface area (Å²) in [4.78, 5) is 11.0. The van der Waals surface area contributed by atoms with Crippen molar-refractivity contribution < 1.29 is 14.3 Å². The molecule has 0 saturated heterocycles. The summed E-state index contributed by atoms with van der Waals surface area (Å²) in [5.41, 5.74) is 0. The van der Waals surface area contributed by atoms with Crippen LogP contribution in [0.25, 0.3) is 0 Å². The molecule has 0 aromatic heterocycles. The molecule has 2 unspecified atom stereocenters. The number of carbonyl (C=O) groups is 1. The molecule has 4 heteroatoms. The third-order valence-electron chi connectivity index (χ3n) is 1.38. The van der Waals surface area contributed by atoms with E-state index in [0.29, 0.717) is 0 Å². The highest BCUT2D eigenvalue weighted by molar-refractivity contribution is 7.81. The fraction of sp³-hybridized carbons (Fsp3) is 0.875. The highest BCUT2D eigenvalue weighted by atomic mass is 32.1. The van der Waals surface area contributed by atoms with Gasteiger partial charge in [0.1, 0.15) is 0 Å². The Labute approximate surface area is 78.8 Å². The zero-order chi connectivity index (χ0) is 9.56. The fourth-order valence-corrected chi connectivity index (χ4v) is 0.749. The van der Waals surface area contributed by atoms with Crippen molar-refractivity contribution in [3.63, 3.8) is 0 Å². The van der Waals surface area contributed by atoms with Gasteiger partial charge in [-0.05, 0) is 6.92 Å². The van der Waals surface area contributed by atoms with Crippen LogP contribution < -0.4 is 0 Å². The van der Waals surface area contributed by atoms with Gasteiger partial charge in [-0.3, -0.25) is 4.79 Å². The first-order chi connectivity index (χ1) is 5.61. The number of esters is 1. The van der Waals surface area contributed by atoms with Crippen molar-refractivity contribution >= 4 is 18.6 Å². The SMILES string of the molecule is CCCC(OC)OC(=O)C(C)S. The monoisotopic (exact) mass is 192 g/mol. The molecular weight excluding hydrogens is 176 g/mol. The van der Waals surface area contributed by atoms with E-state index < -0.39 is 6.29 Å². The maximum Gasteiger partial charge on any atom is 0.320 e. The van der Waals surface area contributed by atoms with E-state index in [1.807, 2.05) is 6.92 Å². The summed E-state index contributed by atoms with van der Waals surface area (Å²) in [6, 6.07) is 0. The molecule has 0 N–H and O–H groups in total. The Bertz CT molecular complexity index is 136. The van der Waals surface area contributed by atoms with Crippen LogP contribution in [0.5, 0.6) is 0 Å². The summed E-state index contributed by atoms with van der Waals surface area (Å²) >= 11 is 3.94. The third kappa shape index (κ3) is 4.62. The second-order valence-electron chi connectivity index (χ2n) is 2.57. The summed E-state index contributed by atoms with van der Waals surface area (Å²) < 4.78 is 9.90. The lowest BCUT2D eigenvalue weighted by molar-refractivity contribution is -0.173. The molecule has 0 bridgehead atoms. The Balaban J connectivity index is 3.77. The van der Waals surface area contributed by atoms with Crippen LogP contribution in [0.1, 0.15) is 26.7 Å². The van der Waals surface area contributed by atoms with E-state index in [2.05, 4.69) is 12.6 Å². The molecule has 2 atom stereocenters. The van der Waals surface area contributed by atoms with E-state index in [4.69, 9.17) is 9.47 Å². The molecule has 0 spiro atoms. The fourth-order valence-electron chi connectivity index (χ4n) is 0.689. The summed E-state index contributed by atoms with van der Waals surface area (Å²) in [6.07, 6.45) is 1.23. The van der Waals surface area contributed by atoms with E-state index in [-0.39, 0.29) is 11.2 Å². The Kier molecular flexibility index (Phi) is 6.20. The van der Waals surface area contributed by atoms with Crippen LogP contribution in [-0.4, -0.2) is 24.6 Å². The van der Waals surface area contributed by atoms with Crippen LogP contribution in [0.15, 0.2) is 0 Å². The molecule has 12 heavy (non-hydrogen) atoms. The summed E-state index contributed by atoms with van der Waals surface area (Å²) in [5.74, 6) is -0.335. The van der Waals surface area contributed by atoms with Crippen molar-refractivity contribution in [2.24, 2.45) is 0 Å². The van der Waals surface area contributed by atoms with E-state index in [0.717, 1.165) is 12.8 Å². The van der Waals surface area contributed by atoms with Gasteiger partial charge in [-0.2, -0.15) is 12.6 Å². The van der Waals surface area contributed by atoms with Crippen molar-refractivity contribution in [1.82, 2.24) is 0 Å². The Morgan fingerprint density at radius 3 is 2.50 bits per heavy atom. The number of ether oxygens (including phenoxy) is 2. The van der Waals surface area contributed by atoms with Crippen LogP contribution in [-0.2, 0) is 14.3 Å². The zero-order valence-corrected chi connectivity index (χ0v) is 8.64. The predicted octanol–water partition coefficient (Wildman–Crippen LogP) is 1.62. The number of hydrogen-bond donors (Lipinski definition) is 1. The Morgan fingerprint density at radius 2 is 2.17 bits per heavy atom. The van der Waals surface area contributed by atoms with Gasteiger partial charge >= 0.3 is 5.97 Å². The van der Waals surface area contributed by atoms with Gasteiger partial charge in [0.2, 0.25) is 6.29 Å². The first-order valence-electron chi connectivity index (χ1n) is 4.03. The predicted molar refractivity (Wildman–Crippen MR) is 50.2 cm³/mol. The molecule has 0 rings (SSSR count). The number of methoxy groups -OCH3 is 1. The maximum atomic E-state index is 11.0. The normalized spacial score (nSPS) is 15.3. The molecular formula is C8H16O3S. The third-order valence-corrected chi connectivity index (χ3v) is 1.59. The lowest BCUT2D eigenvalue weighted by Gasteiger charge is -2.16. The topological polar surface area (TPSA) is 35.5 Å². The Morgan fingerprint density at radius 1 is 1.58 bits per heavy atom. The quantitative estimate of drug-likeness (QED) is 0.408. The van der Waals surface area contributed by atoms with Gasteiger partial charge in [0.05, 0.1) is 5.25 Å². The van der Waals surface area contributed by atoms with Crippen molar-refractivity contribution in [2.45, 2.75) is 38.2 Å². The van der Waals surface area contributed by atoms with E-state index in [1.165, 1.54) is 7.11 Å². The van der Waals surface area contributed by atoms with Crippen LogP contribution in [0, 0.1) is 0 Å². The number of hydrogen-bond acceptors (Lipinski definition) is 4. The number of carbonyl (C=O) groups excluding carboxylic acids is 1. The summed E-state index contributed by atoms with van der Waals surface area (Å²) in [5, 5.41) is -0.389. The van der Waals surface area contributed by atoms with Gasteiger partial charge in [0.25, 0.3) is 0 Å². The van der Waals surface area contributed by atoms with Gasteiger partial charge in [0.15, 0.2) is 0 Å². The average Bonchev–Trinajstić information content (AvgIpc) is 2.03. The van der Waals surface area contributed by atoms with Gasteiger partial charge in [-0.1, -0.05) is 13.3 Å². The second-order valence-corrected chi connectivity index (χ2v) is 3.34. The molecule has 3 nitrogen and oxygen atoms in total. The molecule has 0 radical (unpaired) electrons. The molecule has 0 amide bonds. The highest BCUT2D eigenvalue weighted by Crippen LogP contribution is 2.06. The average molecular weight is 192 g/mol. The minimum Gasteiger partial charge on any atom is -0.435 e. The van der Waals surface area contributed by atoms with Gasteiger partial charge in [0, 0.05) is 13.5 Å². The molecule has 0 aromatic carbocycles. The summed E-state index contributed by atoms with van der Waals surface area (Å²) in [7, 11) is 1.52. The molecule has 72 valence electrons. The Hall–Kier alpha value is -0.220. The maximum absolute atomic E-state index is 11.0. The van der Waals surface area contributed by atoms with Crippen LogP contribution >= 0.6 is 12.6 Å². The molecule has 0 aromatic rings. The van der Waals surface area contributed by atoms with Crippen LogP contribution in [0.2, 0.25) is 0 Å². The van der Waals surface area contributed by atoms with Crippen molar-refractivity contribution in [2.75, 3.05) is 7.11 Å². The smallest absolute Gasteiger partial charge is 0.320 e. The lowest BCUT2D eigenvalue weighted by atomic mass is 10.3. The standard InChI is InChI=1S/C8H16O3S/c1-4-5-7(10-3)11-8(9)6(2)12/h6-7,12H,4-5H2,1-3H3. The van der Waals surface area contributed by atoms with Crippen LogP contribution in [0.3, 0.4) is 0 Å². The number of rotatable bonds is 5. The zero-order valence-electron chi connectivity index (χ0n) is 7.74. The van der Waals surface area contributed by atoms with Gasteiger partial charge in [-0.25, -0.2) is 0 Å². The van der Waals surface area contributed by atoms with Crippen molar-refractivity contribution in [3.8, 4) is 0 Å². The first-order valence-corrected chi connectivity index (χ1v) is 4.54. The van der Waals surface area contributed by atoms with Gasteiger partial charge < -0.3 is 9.47 Å². The number of thiol groups is 1. The lowest BCUT2D eigenvalue weighted by Crippen LogP contribution is -2.24. The van der Waals surface area contributed by atoms with E-state index >= 15 is 0 Å². The molecule has 0 heterocycles. The largest absolute Gasteiger partial charge is 0.435 e. The minimum atomic E-state index is -0.419. The minimum absolute atomic E-state index is 0.335. The molecule has 0 saturated carbocycles. The second kappa shape index (κ2) is 6.31. The van der Waals surface area contributed by atoms with E-state index in [1.54, 1.807) is 6.92 Å². The van der Waals surface area contributed by atoms with E-state index in [9.17, 15) is 4.79 Å². The molecule has 0 aliphatic rings. The summed E-state index contributed by atoms with van der Waals surface area (Å²) in [6.45, 7) is 3.67. The molecule has 0 aliphatic carbocycles. The van der Waals surface area contributed by atoms with Crippen molar-refractivity contribution in [1.29, 1.82) is 0 Å². The molecule has 0 aliphatic heterocycles. The first kappa shape index (κ1) is 11.8. The van der Waals surface area contributed by atoms with Crippen molar-refractivity contribution in [3.05, 3.63) is 0 Å².